The van der Waals surface area contributed by atoms with Crippen molar-refractivity contribution in [3.63, 3.8) is 0 Å². The predicted molar refractivity (Wildman–Crippen MR) is 60.3 cm³/mol. The lowest BCUT2D eigenvalue weighted by molar-refractivity contribution is -0.124. The highest BCUT2D eigenvalue weighted by Crippen LogP contribution is 1.98. The van der Waals surface area contributed by atoms with Crippen molar-refractivity contribution in [1.29, 1.82) is 0 Å². The van der Waals surface area contributed by atoms with Crippen LogP contribution in [0, 0.1) is 5.92 Å². The van der Waals surface area contributed by atoms with Crippen LogP contribution in [0.15, 0.2) is 24.5 Å². The van der Waals surface area contributed by atoms with Crippen molar-refractivity contribution >= 4 is 5.91 Å². The van der Waals surface area contributed by atoms with Crippen LogP contribution >= 0.6 is 0 Å². The Hall–Kier alpha value is -1.29. The lowest BCUT2D eigenvalue weighted by Gasteiger charge is -2.15. The summed E-state index contributed by atoms with van der Waals surface area (Å²) in [6, 6.07) is 3.83. The summed E-state index contributed by atoms with van der Waals surface area (Å²) in [5.74, 6) is -0.105. The van der Waals surface area contributed by atoms with E-state index < -0.39 is 0 Å². The van der Waals surface area contributed by atoms with Crippen LogP contribution in [0.2, 0.25) is 0 Å². The highest BCUT2D eigenvalue weighted by molar-refractivity contribution is 5.78. The number of rotatable bonds is 5. The van der Waals surface area contributed by atoms with Crippen LogP contribution in [0.1, 0.15) is 13.8 Å². The van der Waals surface area contributed by atoms with E-state index in [4.69, 9.17) is 5.73 Å². The third-order valence-electron chi connectivity index (χ3n) is 2.54. The maximum atomic E-state index is 11.5. The molecular formula is C11H19N3O. The molecule has 4 nitrogen and oxygen atoms in total. The number of nitrogens with two attached hydrogens (primary N) is 1. The van der Waals surface area contributed by atoms with E-state index >= 15 is 0 Å². The van der Waals surface area contributed by atoms with Gasteiger partial charge in [0.05, 0.1) is 0 Å². The normalized spacial score (nSPS) is 14.6. The molecule has 0 saturated carbocycles. The first-order chi connectivity index (χ1) is 7.11. The summed E-state index contributed by atoms with van der Waals surface area (Å²) in [7, 11) is 0. The second-order valence-electron chi connectivity index (χ2n) is 3.86. The average Bonchev–Trinajstić information content (AvgIpc) is 2.69. The Labute approximate surface area is 90.5 Å². The molecule has 1 aromatic rings. The molecule has 0 saturated heterocycles. The van der Waals surface area contributed by atoms with E-state index in [1.54, 1.807) is 0 Å². The highest BCUT2D eigenvalue weighted by atomic mass is 16.1. The summed E-state index contributed by atoms with van der Waals surface area (Å²) in [4.78, 5) is 11.5. The predicted octanol–water partition coefficient (Wildman–Crippen LogP) is 0.588. The van der Waals surface area contributed by atoms with E-state index in [-0.39, 0.29) is 17.9 Å². The van der Waals surface area contributed by atoms with Crippen molar-refractivity contribution in [3.8, 4) is 0 Å². The minimum Gasteiger partial charge on any atom is -0.354 e. The molecule has 0 aliphatic rings. The van der Waals surface area contributed by atoms with E-state index in [0.29, 0.717) is 6.54 Å². The molecule has 4 heteroatoms. The van der Waals surface area contributed by atoms with Gasteiger partial charge in [-0.05, 0) is 19.1 Å². The topological polar surface area (TPSA) is 60.1 Å². The van der Waals surface area contributed by atoms with Gasteiger partial charge in [-0.25, -0.2) is 0 Å². The average molecular weight is 209 g/mol. The third kappa shape index (κ3) is 3.75. The second-order valence-corrected chi connectivity index (χ2v) is 3.86. The minimum absolute atomic E-state index is 0.0251. The summed E-state index contributed by atoms with van der Waals surface area (Å²) in [5.41, 5.74) is 5.64. The van der Waals surface area contributed by atoms with Gasteiger partial charge in [0.25, 0.3) is 0 Å². The van der Waals surface area contributed by atoms with Crippen LogP contribution in [-0.4, -0.2) is 23.1 Å². The summed E-state index contributed by atoms with van der Waals surface area (Å²) >= 11 is 0. The van der Waals surface area contributed by atoms with Crippen LogP contribution in [0.5, 0.6) is 0 Å². The van der Waals surface area contributed by atoms with E-state index in [9.17, 15) is 4.79 Å². The van der Waals surface area contributed by atoms with Crippen LogP contribution in [-0.2, 0) is 11.3 Å². The molecule has 0 aliphatic carbocycles. The molecule has 1 amide bonds. The zero-order chi connectivity index (χ0) is 11.3. The first-order valence-corrected chi connectivity index (χ1v) is 5.25. The van der Waals surface area contributed by atoms with Gasteiger partial charge in [0.2, 0.25) is 5.91 Å². The number of aromatic nitrogens is 1. The van der Waals surface area contributed by atoms with E-state index in [0.717, 1.165) is 6.54 Å². The number of carbonyl (C=O) groups excluding carboxylic acids is 1. The Balaban J connectivity index is 2.23. The Morgan fingerprint density at radius 2 is 2.00 bits per heavy atom. The summed E-state index contributed by atoms with van der Waals surface area (Å²) < 4.78 is 2.02. The van der Waals surface area contributed by atoms with Crippen LogP contribution in [0.25, 0.3) is 0 Å². The number of amides is 1. The number of nitrogens with one attached hydrogen (secondary N) is 1. The molecule has 2 unspecified atom stereocenters. The standard InChI is InChI=1S/C11H19N3O/c1-9(10(2)12)11(15)13-5-8-14-6-3-4-7-14/h3-4,6-7,9-10H,5,8,12H2,1-2H3,(H,13,15). The van der Waals surface area contributed by atoms with Gasteiger partial charge in [0, 0.05) is 37.4 Å². The molecular weight excluding hydrogens is 190 g/mol. The minimum atomic E-state index is -0.130. The Kier molecular flexibility index (Phi) is 4.37. The second kappa shape index (κ2) is 5.56. The molecule has 0 spiro atoms. The van der Waals surface area contributed by atoms with Crippen LogP contribution < -0.4 is 11.1 Å². The zero-order valence-electron chi connectivity index (χ0n) is 9.31. The quantitative estimate of drug-likeness (QED) is 0.745. The summed E-state index contributed by atoms with van der Waals surface area (Å²) in [6.45, 7) is 5.13. The number of carbonyl (C=O) groups is 1. The van der Waals surface area contributed by atoms with Gasteiger partial charge in [0.15, 0.2) is 0 Å². The number of hydrogen-bond acceptors (Lipinski definition) is 2. The van der Waals surface area contributed by atoms with Gasteiger partial charge < -0.3 is 15.6 Å². The first-order valence-electron chi connectivity index (χ1n) is 5.25. The van der Waals surface area contributed by atoms with Crippen molar-refractivity contribution in [1.82, 2.24) is 9.88 Å². The van der Waals surface area contributed by atoms with Crippen molar-refractivity contribution in [2.24, 2.45) is 11.7 Å². The third-order valence-corrected chi connectivity index (χ3v) is 2.54. The fraction of sp³-hybridized carbons (Fsp3) is 0.545. The van der Waals surface area contributed by atoms with Gasteiger partial charge in [0.1, 0.15) is 0 Å². The molecule has 0 radical (unpaired) electrons. The van der Waals surface area contributed by atoms with Gasteiger partial charge in [-0.3, -0.25) is 4.79 Å². The van der Waals surface area contributed by atoms with Gasteiger partial charge >= 0.3 is 0 Å². The maximum absolute atomic E-state index is 11.5. The molecule has 1 rings (SSSR count). The van der Waals surface area contributed by atoms with Crippen LogP contribution in [0.4, 0.5) is 0 Å². The molecule has 1 heterocycles. The molecule has 2 atom stereocenters. The van der Waals surface area contributed by atoms with Crippen molar-refractivity contribution in [2.45, 2.75) is 26.4 Å². The summed E-state index contributed by atoms with van der Waals surface area (Å²) in [5, 5.41) is 2.86. The maximum Gasteiger partial charge on any atom is 0.224 e. The van der Waals surface area contributed by atoms with E-state index in [2.05, 4.69) is 5.32 Å². The van der Waals surface area contributed by atoms with Crippen LogP contribution in [0.3, 0.4) is 0 Å². The molecule has 15 heavy (non-hydrogen) atoms. The van der Waals surface area contributed by atoms with Gasteiger partial charge in [-0.15, -0.1) is 0 Å². The van der Waals surface area contributed by atoms with Crippen molar-refractivity contribution in [3.05, 3.63) is 24.5 Å². The van der Waals surface area contributed by atoms with E-state index in [1.807, 2.05) is 42.9 Å². The number of nitrogens with zero attached hydrogens (tertiary/aromatic N) is 1. The van der Waals surface area contributed by atoms with Gasteiger partial charge in [-0.1, -0.05) is 6.92 Å². The zero-order valence-corrected chi connectivity index (χ0v) is 9.31. The molecule has 0 fully saturated rings. The Bertz CT molecular complexity index is 293. The van der Waals surface area contributed by atoms with Crippen molar-refractivity contribution in [2.75, 3.05) is 6.54 Å². The van der Waals surface area contributed by atoms with E-state index in [1.165, 1.54) is 0 Å². The smallest absolute Gasteiger partial charge is 0.224 e. The first kappa shape index (κ1) is 11.8. The van der Waals surface area contributed by atoms with Gasteiger partial charge in [-0.2, -0.15) is 0 Å². The van der Waals surface area contributed by atoms with Crippen molar-refractivity contribution < 1.29 is 4.79 Å². The largest absolute Gasteiger partial charge is 0.354 e. The lowest BCUT2D eigenvalue weighted by atomic mass is 10.0. The molecule has 3 N–H and O–H groups in total. The monoisotopic (exact) mass is 209 g/mol. The number of hydrogen-bond donors (Lipinski definition) is 2. The fourth-order valence-corrected chi connectivity index (χ4v) is 1.23. The molecule has 0 aliphatic heterocycles. The Morgan fingerprint density at radius 1 is 1.40 bits per heavy atom. The summed E-state index contributed by atoms with van der Waals surface area (Å²) in [6.07, 6.45) is 3.95. The molecule has 84 valence electrons. The molecule has 1 aromatic heterocycles. The SMILES string of the molecule is CC(N)C(C)C(=O)NCCn1cccc1. The fourth-order valence-electron chi connectivity index (χ4n) is 1.23. The lowest BCUT2D eigenvalue weighted by Crippen LogP contribution is -2.39. The Morgan fingerprint density at radius 3 is 2.53 bits per heavy atom. The molecule has 0 bridgehead atoms. The molecule has 0 aromatic carbocycles. The highest BCUT2D eigenvalue weighted by Gasteiger charge is 2.15.